The molecule has 1 aromatic heterocycles. The minimum absolute atomic E-state index is 0.0267. The zero-order valence-corrected chi connectivity index (χ0v) is 20.1. The van der Waals surface area contributed by atoms with Gasteiger partial charge in [-0.3, -0.25) is 9.69 Å². The molecule has 3 aromatic rings. The first-order valence-electron chi connectivity index (χ1n) is 11.2. The summed E-state index contributed by atoms with van der Waals surface area (Å²) in [5.74, 6) is 1.99. The standard InChI is InChI=1S/C25H28N4O4S/c1-28-12-17-6-7-21(31-2)22(11-17)33-19-5-3-4-18(10-19)16-32-23-14-29(25-26-8-9-34-25)13-20(23)27-24(30)15-28/h3-11,20,23H,12-16H2,1-2H3,(H,27,30)/t20-,23-/m0/s1. The summed E-state index contributed by atoms with van der Waals surface area (Å²) in [7, 11) is 3.56. The predicted octanol–water partition coefficient (Wildman–Crippen LogP) is 3.28. The van der Waals surface area contributed by atoms with Gasteiger partial charge in [0, 0.05) is 31.2 Å². The Morgan fingerprint density at radius 2 is 2.06 bits per heavy atom. The van der Waals surface area contributed by atoms with Crippen molar-refractivity contribution in [2.75, 3.05) is 38.7 Å². The van der Waals surface area contributed by atoms with Gasteiger partial charge in [-0.1, -0.05) is 18.2 Å². The van der Waals surface area contributed by atoms with E-state index in [4.69, 9.17) is 14.2 Å². The number of thiazole rings is 1. The fraction of sp³-hybridized carbons (Fsp3) is 0.360. The van der Waals surface area contributed by atoms with Crippen LogP contribution in [0.5, 0.6) is 17.2 Å². The summed E-state index contributed by atoms with van der Waals surface area (Å²) >= 11 is 1.59. The maximum atomic E-state index is 12.9. The van der Waals surface area contributed by atoms with Crippen molar-refractivity contribution in [1.82, 2.24) is 15.2 Å². The van der Waals surface area contributed by atoms with E-state index in [9.17, 15) is 4.79 Å². The average molecular weight is 481 g/mol. The molecule has 2 atom stereocenters. The number of anilines is 1. The Kier molecular flexibility index (Phi) is 6.66. The number of rotatable bonds is 2. The molecule has 5 rings (SSSR count). The fourth-order valence-electron chi connectivity index (χ4n) is 4.40. The zero-order chi connectivity index (χ0) is 23.5. The lowest BCUT2D eigenvalue weighted by Crippen LogP contribution is -2.47. The molecule has 0 saturated carbocycles. The van der Waals surface area contributed by atoms with Gasteiger partial charge >= 0.3 is 0 Å². The van der Waals surface area contributed by atoms with Crippen LogP contribution in [-0.4, -0.2) is 61.7 Å². The quantitative estimate of drug-likeness (QED) is 0.603. The number of hydrogen-bond acceptors (Lipinski definition) is 8. The van der Waals surface area contributed by atoms with E-state index in [1.165, 1.54) is 0 Å². The highest BCUT2D eigenvalue weighted by Gasteiger charge is 2.36. The number of nitrogens with one attached hydrogen (secondary N) is 1. The van der Waals surface area contributed by atoms with Gasteiger partial charge in [0.05, 0.1) is 32.4 Å². The summed E-state index contributed by atoms with van der Waals surface area (Å²) in [5.41, 5.74) is 2.03. The number of fused-ring (bicyclic) bond motifs is 5. The molecule has 4 bridgehead atoms. The highest BCUT2D eigenvalue weighted by Crippen LogP contribution is 2.33. The van der Waals surface area contributed by atoms with E-state index in [1.54, 1.807) is 24.6 Å². The molecule has 1 fully saturated rings. The SMILES string of the molecule is COc1ccc2cc1Oc1cccc(c1)CO[C@H]1CN(c3nccs3)C[C@@H]1NC(=O)CN(C)C2. The molecule has 0 unspecified atom stereocenters. The zero-order valence-electron chi connectivity index (χ0n) is 19.3. The third-order valence-electron chi connectivity index (χ3n) is 5.99. The van der Waals surface area contributed by atoms with Gasteiger partial charge in [0.25, 0.3) is 0 Å². The second kappa shape index (κ2) is 10.0. The normalized spacial score (nSPS) is 21.5. The van der Waals surface area contributed by atoms with Crippen LogP contribution >= 0.6 is 11.3 Å². The molecule has 1 amide bonds. The van der Waals surface area contributed by atoms with E-state index in [0.29, 0.717) is 37.7 Å². The Hall–Kier alpha value is -3.14. The van der Waals surface area contributed by atoms with Gasteiger partial charge in [0.15, 0.2) is 16.6 Å². The van der Waals surface area contributed by atoms with Gasteiger partial charge < -0.3 is 24.4 Å². The first kappa shape index (κ1) is 22.6. The third-order valence-corrected chi connectivity index (χ3v) is 6.82. The van der Waals surface area contributed by atoms with Crippen LogP contribution < -0.4 is 19.7 Å². The van der Waals surface area contributed by atoms with Crippen molar-refractivity contribution < 1.29 is 19.0 Å². The molecule has 2 aliphatic rings. The van der Waals surface area contributed by atoms with Gasteiger partial charge in [0.1, 0.15) is 5.75 Å². The Morgan fingerprint density at radius 3 is 2.88 bits per heavy atom. The van der Waals surface area contributed by atoms with E-state index in [2.05, 4.69) is 15.2 Å². The number of likely N-dealkylation sites (N-methyl/N-ethyl adjacent to an activating group) is 1. The lowest BCUT2D eigenvalue weighted by atomic mass is 10.1. The Bertz CT molecular complexity index is 1140. The number of aromatic nitrogens is 1. The summed E-state index contributed by atoms with van der Waals surface area (Å²) in [6, 6.07) is 13.6. The molecular weight excluding hydrogens is 452 g/mol. The lowest BCUT2D eigenvalue weighted by molar-refractivity contribution is -0.123. The molecule has 1 saturated heterocycles. The highest BCUT2D eigenvalue weighted by molar-refractivity contribution is 7.13. The number of methoxy groups -OCH3 is 1. The van der Waals surface area contributed by atoms with Crippen LogP contribution in [0.1, 0.15) is 11.1 Å². The van der Waals surface area contributed by atoms with Crippen molar-refractivity contribution in [3.05, 3.63) is 65.2 Å². The summed E-state index contributed by atoms with van der Waals surface area (Å²) in [6.45, 7) is 2.63. The molecule has 9 heteroatoms. The maximum absolute atomic E-state index is 12.9. The largest absolute Gasteiger partial charge is 0.493 e. The number of carbonyl (C=O) groups is 1. The van der Waals surface area contributed by atoms with E-state index >= 15 is 0 Å². The summed E-state index contributed by atoms with van der Waals surface area (Å²) in [6.07, 6.45) is 1.65. The highest BCUT2D eigenvalue weighted by atomic mass is 32.1. The van der Waals surface area contributed by atoms with Crippen LogP contribution in [0.3, 0.4) is 0 Å². The Balaban J connectivity index is 1.43. The van der Waals surface area contributed by atoms with Crippen molar-refractivity contribution in [3.8, 4) is 17.2 Å². The molecule has 8 nitrogen and oxygen atoms in total. The van der Waals surface area contributed by atoms with Gasteiger partial charge in [-0.15, -0.1) is 11.3 Å². The molecule has 1 N–H and O–H groups in total. The smallest absolute Gasteiger partial charge is 0.234 e. The molecule has 0 spiro atoms. The van der Waals surface area contributed by atoms with E-state index < -0.39 is 0 Å². The Labute approximate surface area is 203 Å². The maximum Gasteiger partial charge on any atom is 0.234 e. The van der Waals surface area contributed by atoms with Crippen LogP contribution in [-0.2, 0) is 22.7 Å². The second-order valence-corrected chi connectivity index (χ2v) is 9.52. The summed E-state index contributed by atoms with van der Waals surface area (Å²) in [5, 5.41) is 6.10. The number of ether oxygens (including phenoxy) is 3. The molecule has 178 valence electrons. The minimum atomic E-state index is -0.150. The molecule has 34 heavy (non-hydrogen) atoms. The molecule has 0 aliphatic carbocycles. The number of hydrogen-bond donors (Lipinski definition) is 1. The van der Waals surface area contributed by atoms with Crippen LogP contribution in [0, 0.1) is 0 Å². The summed E-state index contributed by atoms with van der Waals surface area (Å²) < 4.78 is 18.0. The fourth-order valence-corrected chi connectivity index (χ4v) is 5.07. The van der Waals surface area contributed by atoms with Crippen LogP contribution in [0.25, 0.3) is 0 Å². The minimum Gasteiger partial charge on any atom is -0.493 e. The number of carbonyl (C=O) groups excluding carboxylic acids is 1. The van der Waals surface area contributed by atoms with E-state index in [-0.39, 0.29) is 24.6 Å². The molecule has 3 heterocycles. The summed E-state index contributed by atoms with van der Waals surface area (Å²) in [4.78, 5) is 21.5. The monoisotopic (exact) mass is 480 g/mol. The van der Waals surface area contributed by atoms with Gasteiger partial charge in [-0.2, -0.15) is 0 Å². The van der Waals surface area contributed by atoms with Gasteiger partial charge in [-0.05, 0) is 42.4 Å². The van der Waals surface area contributed by atoms with E-state index in [0.717, 1.165) is 22.0 Å². The van der Waals surface area contributed by atoms with Crippen molar-refractivity contribution >= 4 is 22.4 Å². The third kappa shape index (κ3) is 5.16. The van der Waals surface area contributed by atoms with Crippen LogP contribution in [0.15, 0.2) is 54.0 Å². The first-order valence-corrected chi connectivity index (χ1v) is 12.1. The topological polar surface area (TPSA) is 76.2 Å². The van der Waals surface area contributed by atoms with Crippen molar-refractivity contribution in [2.24, 2.45) is 0 Å². The average Bonchev–Trinajstić information content (AvgIpc) is 3.48. The van der Waals surface area contributed by atoms with Crippen LogP contribution in [0.4, 0.5) is 5.13 Å². The Morgan fingerprint density at radius 1 is 1.15 bits per heavy atom. The number of amides is 1. The van der Waals surface area contributed by atoms with E-state index in [1.807, 2.05) is 59.8 Å². The second-order valence-electron chi connectivity index (χ2n) is 8.65. The molecular formula is C25H28N4O4S. The number of nitrogens with zero attached hydrogens (tertiary/aromatic N) is 3. The number of benzene rings is 2. The van der Waals surface area contributed by atoms with Crippen molar-refractivity contribution in [2.45, 2.75) is 25.3 Å². The lowest BCUT2D eigenvalue weighted by Gasteiger charge is -2.23. The predicted molar refractivity (Wildman–Crippen MR) is 131 cm³/mol. The molecule has 0 radical (unpaired) electrons. The van der Waals surface area contributed by atoms with Gasteiger partial charge in [0.2, 0.25) is 5.91 Å². The van der Waals surface area contributed by atoms with Crippen molar-refractivity contribution in [3.63, 3.8) is 0 Å². The molecule has 2 aliphatic heterocycles. The van der Waals surface area contributed by atoms with Crippen LogP contribution in [0.2, 0.25) is 0 Å². The first-order chi connectivity index (χ1) is 16.6. The van der Waals surface area contributed by atoms with Crippen molar-refractivity contribution in [1.29, 1.82) is 0 Å². The van der Waals surface area contributed by atoms with Gasteiger partial charge in [-0.25, -0.2) is 4.98 Å². The molecule has 2 aromatic carbocycles.